The molecular formula is C7H15NO5. The molecule has 13 heavy (non-hydrogen) atoms. The number of hydrogen-bond acceptors (Lipinski definition) is 6. The maximum Gasteiger partial charge on any atom is 0.172 e. The fourth-order valence-corrected chi connectivity index (χ4v) is 1.33. The van der Waals surface area contributed by atoms with Crippen LogP contribution in [0, 0.1) is 0 Å². The van der Waals surface area contributed by atoms with Crippen molar-refractivity contribution >= 4 is 0 Å². The van der Waals surface area contributed by atoms with Gasteiger partial charge in [-0.3, -0.25) is 0 Å². The van der Waals surface area contributed by atoms with Crippen molar-refractivity contribution in [2.75, 3.05) is 6.61 Å². The van der Waals surface area contributed by atoms with Gasteiger partial charge < -0.3 is 30.9 Å². The van der Waals surface area contributed by atoms with E-state index in [1.165, 1.54) is 0 Å². The fraction of sp³-hybridized carbons (Fsp3) is 1.00. The summed E-state index contributed by atoms with van der Waals surface area (Å²) in [5.74, 6) is 0. The molecule has 6 N–H and O–H groups in total. The molecule has 0 aromatic heterocycles. The Hall–Kier alpha value is -0.240. The van der Waals surface area contributed by atoms with Crippen molar-refractivity contribution in [2.45, 2.75) is 37.1 Å². The molecule has 1 aliphatic heterocycles. The summed E-state index contributed by atoms with van der Waals surface area (Å²) >= 11 is 0. The molecular weight excluding hydrogens is 178 g/mol. The van der Waals surface area contributed by atoms with Gasteiger partial charge in [-0.15, -0.1) is 0 Å². The van der Waals surface area contributed by atoms with Crippen LogP contribution in [0.25, 0.3) is 0 Å². The SMILES string of the molecule is N[C@H]1C(O)O[C@H](CCO)[C@@H](O)[C@@H]1O. The summed E-state index contributed by atoms with van der Waals surface area (Å²) in [5, 5.41) is 36.4. The fourth-order valence-electron chi connectivity index (χ4n) is 1.33. The Morgan fingerprint density at radius 3 is 2.31 bits per heavy atom. The van der Waals surface area contributed by atoms with E-state index in [1.54, 1.807) is 0 Å². The molecule has 1 rings (SSSR count). The molecule has 5 atom stereocenters. The highest BCUT2D eigenvalue weighted by atomic mass is 16.6. The first-order valence-electron chi connectivity index (χ1n) is 4.14. The van der Waals surface area contributed by atoms with Crippen molar-refractivity contribution in [3.05, 3.63) is 0 Å². The normalized spacial score (nSPS) is 46.4. The van der Waals surface area contributed by atoms with E-state index in [9.17, 15) is 10.2 Å². The first-order chi connectivity index (χ1) is 6.07. The summed E-state index contributed by atoms with van der Waals surface area (Å²) in [6.45, 7) is -0.184. The molecule has 1 aliphatic rings. The predicted molar refractivity (Wildman–Crippen MR) is 42.6 cm³/mol. The van der Waals surface area contributed by atoms with Crippen LogP contribution in [0.15, 0.2) is 0 Å². The molecule has 1 fully saturated rings. The van der Waals surface area contributed by atoms with Crippen LogP contribution in [-0.4, -0.2) is 57.7 Å². The standard InChI is InChI=1S/C7H15NO5/c8-4-6(11)5(10)3(1-2-9)13-7(4)12/h3-7,9-12H,1-2,8H2/t3-,4-,5-,6-,7?/m1/s1. The van der Waals surface area contributed by atoms with Crippen LogP contribution in [0.1, 0.15) is 6.42 Å². The van der Waals surface area contributed by atoms with Crippen LogP contribution < -0.4 is 5.73 Å². The van der Waals surface area contributed by atoms with Gasteiger partial charge in [-0.2, -0.15) is 0 Å². The Bertz CT molecular complexity index is 167. The Kier molecular flexibility index (Phi) is 3.60. The second-order valence-corrected chi connectivity index (χ2v) is 3.14. The zero-order valence-electron chi connectivity index (χ0n) is 7.08. The Balaban J connectivity index is 2.59. The maximum atomic E-state index is 9.38. The first kappa shape index (κ1) is 10.8. The largest absolute Gasteiger partial charge is 0.396 e. The molecule has 0 aliphatic carbocycles. The molecule has 1 heterocycles. The quantitative estimate of drug-likeness (QED) is 0.322. The van der Waals surface area contributed by atoms with E-state index in [-0.39, 0.29) is 13.0 Å². The third-order valence-corrected chi connectivity index (χ3v) is 2.18. The van der Waals surface area contributed by atoms with Crippen LogP contribution >= 0.6 is 0 Å². The van der Waals surface area contributed by atoms with Gasteiger partial charge >= 0.3 is 0 Å². The topological polar surface area (TPSA) is 116 Å². The van der Waals surface area contributed by atoms with E-state index in [4.69, 9.17) is 20.7 Å². The van der Waals surface area contributed by atoms with Gasteiger partial charge in [0.25, 0.3) is 0 Å². The highest BCUT2D eigenvalue weighted by Crippen LogP contribution is 2.20. The minimum Gasteiger partial charge on any atom is -0.396 e. The summed E-state index contributed by atoms with van der Waals surface area (Å²) in [5.41, 5.74) is 5.32. The van der Waals surface area contributed by atoms with E-state index in [0.29, 0.717) is 0 Å². The molecule has 6 nitrogen and oxygen atoms in total. The van der Waals surface area contributed by atoms with Crippen molar-refractivity contribution in [2.24, 2.45) is 5.73 Å². The second kappa shape index (κ2) is 4.32. The van der Waals surface area contributed by atoms with Crippen LogP contribution in [0.4, 0.5) is 0 Å². The third kappa shape index (κ3) is 2.16. The molecule has 0 spiro atoms. The number of nitrogens with two attached hydrogens (primary N) is 1. The molecule has 1 unspecified atom stereocenters. The minimum absolute atomic E-state index is 0.155. The van der Waals surface area contributed by atoms with Crippen molar-refractivity contribution in [3.8, 4) is 0 Å². The lowest BCUT2D eigenvalue weighted by Gasteiger charge is -2.38. The number of aliphatic hydroxyl groups excluding tert-OH is 4. The highest BCUT2D eigenvalue weighted by Gasteiger charge is 2.41. The monoisotopic (exact) mass is 193 g/mol. The minimum atomic E-state index is -1.30. The Morgan fingerprint density at radius 1 is 1.15 bits per heavy atom. The van der Waals surface area contributed by atoms with E-state index in [0.717, 1.165) is 0 Å². The zero-order chi connectivity index (χ0) is 10.0. The van der Waals surface area contributed by atoms with Gasteiger partial charge in [-0.25, -0.2) is 0 Å². The second-order valence-electron chi connectivity index (χ2n) is 3.14. The first-order valence-corrected chi connectivity index (χ1v) is 4.14. The molecule has 1 saturated heterocycles. The van der Waals surface area contributed by atoms with Gasteiger partial charge in [0.15, 0.2) is 6.29 Å². The van der Waals surface area contributed by atoms with Gasteiger partial charge in [-0.1, -0.05) is 0 Å². The van der Waals surface area contributed by atoms with Crippen molar-refractivity contribution < 1.29 is 25.2 Å². The van der Waals surface area contributed by atoms with Crippen LogP contribution in [-0.2, 0) is 4.74 Å². The summed E-state index contributed by atoms with van der Waals surface area (Å²) in [4.78, 5) is 0. The summed E-state index contributed by atoms with van der Waals surface area (Å²) in [7, 11) is 0. The number of ether oxygens (including phenoxy) is 1. The number of hydrogen-bond donors (Lipinski definition) is 5. The van der Waals surface area contributed by atoms with Gasteiger partial charge in [0, 0.05) is 6.61 Å². The summed E-state index contributed by atoms with van der Waals surface area (Å²) in [6.07, 6.45) is -4.29. The van der Waals surface area contributed by atoms with E-state index >= 15 is 0 Å². The van der Waals surface area contributed by atoms with Crippen molar-refractivity contribution in [1.82, 2.24) is 0 Å². The average Bonchev–Trinajstić information content (AvgIpc) is 2.11. The van der Waals surface area contributed by atoms with E-state index < -0.39 is 30.6 Å². The van der Waals surface area contributed by atoms with E-state index in [1.807, 2.05) is 0 Å². The zero-order valence-corrected chi connectivity index (χ0v) is 7.08. The highest BCUT2D eigenvalue weighted by molar-refractivity contribution is 4.90. The molecule has 6 heteroatoms. The lowest BCUT2D eigenvalue weighted by molar-refractivity contribution is -0.244. The maximum absolute atomic E-state index is 9.38. The van der Waals surface area contributed by atoms with Gasteiger partial charge in [0.1, 0.15) is 12.2 Å². The van der Waals surface area contributed by atoms with E-state index in [2.05, 4.69) is 0 Å². The molecule has 0 bridgehead atoms. The van der Waals surface area contributed by atoms with Crippen LogP contribution in [0.5, 0.6) is 0 Å². The average molecular weight is 193 g/mol. The number of rotatable bonds is 2. The van der Waals surface area contributed by atoms with Gasteiger partial charge in [0.2, 0.25) is 0 Å². The molecule has 0 aromatic rings. The predicted octanol–water partition coefficient (Wildman–Crippen LogP) is -2.86. The molecule has 0 radical (unpaired) electrons. The number of aliphatic hydroxyl groups is 4. The summed E-state index contributed by atoms with van der Waals surface area (Å²) in [6, 6.07) is -1.01. The third-order valence-electron chi connectivity index (χ3n) is 2.18. The summed E-state index contributed by atoms with van der Waals surface area (Å²) < 4.78 is 4.88. The van der Waals surface area contributed by atoms with Crippen LogP contribution in [0.3, 0.4) is 0 Å². The Labute approximate surface area is 75.6 Å². The molecule has 0 amide bonds. The van der Waals surface area contributed by atoms with Crippen molar-refractivity contribution in [1.29, 1.82) is 0 Å². The smallest absolute Gasteiger partial charge is 0.172 e. The van der Waals surface area contributed by atoms with Crippen molar-refractivity contribution in [3.63, 3.8) is 0 Å². The Morgan fingerprint density at radius 2 is 1.77 bits per heavy atom. The van der Waals surface area contributed by atoms with Gasteiger partial charge in [0.05, 0.1) is 12.1 Å². The molecule has 0 aromatic carbocycles. The lowest BCUT2D eigenvalue weighted by Crippen LogP contribution is -2.61. The molecule has 0 saturated carbocycles. The van der Waals surface area contributed by atoms with Gasteiger partial charge in [-0.05, 0) is 6.42 Å². The van der Waals surface area contributed by atoms with Crippen LogP contribution in [0.2, 0.25) is 0 Å². The lowest BCUT2D eigenvalue weighted by atomic mass is 9.96. The molecule has 78 valence electrons.